The van der Waals surface area contributed by atoms with Gasteiger partial charge in [-0.3, -0.25) is 0 Å². The molecule has 0 bridgehead atoms. The molecule has 1 aromatic heterocycles. The molecular formula is C9H18N4O. The second-order valence-electron chi connectivity index (χ2n) is 3.95. The minimum absolute atomic E-state index is 0.268. The molecule has 0 saturated carbocycles. The molecule has 0 spiro atoms. The fraction of sp³-hybridized carbons (Fsp3) is 0.778. The molecule has 0 aliphatic carbocycles. The molecule has 1 aromatic rings. The minimum Gasteiger partial charge on any atom is -0.344 e. The van der Waals surface area contributed by atoms with Gasteiger partial charge >= 0.3 is 0 Å². The van der Waals surface area contributed by atoms with Crippen LogP contribution in [0.1, 0.15) is 26.7 Å². The highest BCUT2D eigenvalue weighted by Crippen LogP contribution is 2.19. The third-order valence-electron chi connectivity index (χ3n) is 1.97. The van der Waals surface area contributed by atoms with Gasteiger partial charge in [0, 0.05) is 14.1 Å². The van der Waals surface area contributed by atoms with E-state index in [1.54, 1.807) is 0 Å². The zero-order valence-electron chi connectivity index (χ0n) is 9.46. The van der Waals surface area contributed by atoms with Crippen LogP contribution < -0.4 is 10.2 Å². The quantitative estimate of drug-likeness (QED) is 0.781. The van der Waals surface area contributed by atoms with Crippen molar-refractivity contribution in [3.8, 4) is 0 Å². The molecule has 5 nitrogen and oxygen atoms in total. The van der Waals surface area contributed by atoms with Crippen LogP contribution in [0.25, 0.3) is 0 Å². The van der Waals surface area contributed by atoms with E-state index in [2.05, 4.69) is 15.5 Å². The van der Waals surface area contributed by atoms with Crippen molar-refractivity contribution in [2.45, 2.75) is 26.3 Å². The molecule has 0 aliphatic rings. The van der Waals surface area contributed by atoms with Crippen LogP contribution in [0.15, 0.2) is 4.52 Å². The van der Waals surface area contributed by atoms with Crippen molar-refractivity contribution in [1.29, 1.82) is 0 Å². The summed E-state index contributed by atoms with van der Waals surface area (Å²) in [6.07, 6.45) is 0. The Morgan fingerprint density at radius 3 is 2.50 bits per heavy atom. The van der Waals surface area contributed by atoms with Crippen LogP contribution in [0.4, 0.5) is 5.95 Å². The number of rotatable bonds is 4. The van der Waals surface area contributed by atoms with E-state index in [0.717, 1.165) is 6.54 Å². The van der Waals surface area contributed by atoms with E-state index in [0.29, 0.717) is 11.8 Å². The van der Waals surface area contributed by atoms with Crippen molar-refractivity contribution in [3.63, 3.8) is 0 Å². The van der Waals surface area contributed by atoms with Crippen molar-refractivity contribution in [2.24, 2.45) is 0 Å². The van der Waals surface area contributed by atoms with E-state index in [4.69, 9.17) is 4.52 Å². The summed E-state index contributed by atoms with van der Waals surface area (Å²) in [6.45, 7) is 6.95. The number of nitrogens with one attached hydrogen (secondary N) is 1. The molecule has 0 atom stereocenters. The molecule has 0 radical (unpaired) electrons. The van der Waals surface area contributed by atoms with E-state index >= 15 is 0 Å². The minimum atomic E-state index is -0.268. The van der Waals surface area contributed by atoms with E-state index in [1.807, 2.05) is 39.8 Å². The Bertz CT molecular complexity index is 293. The Balaban J connectivity index is 2.85. The standard InChI is InChI=1S/C9H18N4O/c1-6-10-9(2,3)7-11-8(12-14-7)13(4)5/h10H,6H2,1-5H3. The van der Waals surface area contributed by atoms with Crippen LogP contribution in [0.2, 0.25) is 0 Å². The fourth-order valence-corrected chi connectivity index (χ4v) is 1.17. The van der Waals surface area contributed by atoms with Gasteiger partial charge in [0.25, 0.3) is 5.95 Å². The fourth-order valence-electron chi connectivity index (χ4n) is 1.17. The molecule has 80 valence electrons. The van der Waals surface area contributed by atoms with Gasteiger partial charge in [-0.1, -0.05) is 6.92 Å². The summed E-state index contributed by atoms with van der Waals surface area (Å²) in [6, 6.07) is 0. The summed E-state index contributed by atoms with van der Waals surface area (Å²) < 4.78 is 5.18. The van der Waals surface area contributed by atoms with Crippen LogP contribution >= 0.6 is 0 Å². The smallest absolute Gasteiger partial charge is 0.265 e. The largest absolute Gasteiger partial charge is 0.344 e. The monoisotopic (exact) mass is 198 g/mol. The van der Waals surface area contributed by atoms with E-state index in [1.165, 1.54) is 0 Å². The highest BCUT2D eigenvalue weighted by molar-refractivity contribution is 5.24. The number of hydrogen-bond donors (Lipinski definition) is 1. The van der Waals surface area contributed by atoms with Crippen LogP contribution in [-0.4, -0.2) is 30.8 Å². The first kappa shape index (κ1) is 11.0. The average Bonchev–Trinajstić information content (AvgIpc) is 2.51. The third-order valence-corrected chi connectivity index (χ3v) is 1.97. The molecule has 0 amide bonds. The molecule has 0 saturated heterocycles. The lowest BCUT2D eigenvalue weighted by molar-refractivity contribution is 0.272. The predicted octanol–water partition coefficient (Wildman–Crippen LogP) is 0.980. The first-order valence-electron chi connectivity index (χ1n) is 4.74. The van der Waals surface area contributed by atoms with Gasteiger partial charge in [-0.2, -0.15) is 4.98 Å². The lowest BCUT2D eigenvalue weighted by atomic mass is 10.1. The average molecular weight is 198 g/mol. The maximum atomic E-state index is 5.18. The zero-order chi connectivity index (χ0) is 10.8. The van der Waals surface area contributed by atoms with Crippen molar-refractivity contribution in [3.05, 3.63) is 5.89 Å². The first-order valence-corrected chi connectivity index (χ1v) is 4.74. The van der Waals surface area contributed by atoms with Gasteiger partial charge < -0.3 is 14.7 Å². The molecule has 0 aliphatic heterocycles. The highest BCUT2D eigenvalue weighted by atomic mass is 16.5. The van der Waals surface area contributed by atoms with Crippen LogP contribution in [0.5, 0.6) is 0 Å². The van der Waals surface area contributed by atoms with E-state index < -0.39 is 0 Å². The van der Waals surface area contributed by atoms with Crippen molar-refractivity contribution in [1.82, 2.24) is 15.5 Å². The molecular weight excluding hydrogens is 180 g/mol. The van der Waals surface area contributed by atoms with E-state index in [9.17, 15) is 0 Å². The van der Waals surface area contributed by atoms with Gasteiger partial charge in [0.2, 0.25) is 5.89 Å². The Morgan fingerprint density at radius 2 is 2.07 bits per heavy atom. The molecule has 0 fully saturated rings. The topological polar surface area (TPSA) is 54.2 Å². The second-order valence-corrected chi connectivity index (χ2v) is 3.95. The number of anilines is 1. The zero-order valence-corrected chi connectivity index (χ0v) is 9.46. The maximum absolute atomic E-state index is 5.18. The lowest BCUT2D eigenvalue weighted by Gasteiger charge is -2.20. The van der Waals surface area contributed by atoms with Crippen molar-refractivity contribution < 1.29 is 4.52 Å². The molecule has 5 heteroatoms. The Morgan fingerprint density at radius 1 is 1.43 bits per heavy atom. The van der Waals surface area contributed by atoms with Gasteiger partial charge in [-0.05, 0) is 25.5 Å². The van der Waals surface area contributed by atoms with Crippen molar-refractivity contribution >= 4 is 5.95 Å². The van der Waals surface area contributed by atoms with Gasteiger partial charge in [-0.25, -0.2) is 0 Å². The number of aromatic nitrogens is 2. The first-order chi connectivity index (χ1) is 6.47. The van der Waals surface area contributed by atoms with Gasteiger partial charge in [0.1, 0.15) is 0 Å². The summed E-state index contributed by atoms with van der Waals surface area (Å²) in [4.78, 5) is 6.10. The number of nitrogens with zero attached hydrogens (tertiary/aromatic N) is 3. The molecule has 0 unspecified atom stereocenters. The summed E-state index contributed by atoms with van der Waals surface area (Å²) in [7, 11) is 3.77. The van der Waals surface area contributed by atoms with Crippen LogP contribution in [0, 0.1) is 0 Å². The second kappa shape index (κ2) is 3.96. The van der Waals surface area contributed by atoms with Gasteiger partial charge in [0.15, 0.2) is 0 Å². The normalized spacial score (nSPS) is 11.8. The maximum Gasteiger partial charge on any atom is 0.265 e. The number of hydrogen-bond acceptors (Lipinski definition) is 5. The van der Waals surface area contributed by atoms with Crippen molar-refractivity contribution in [2.75, 3.05) is 25.5 Å². The Labute approximate surface area is 84.5 Å². The Hall–Kier alpha value is -1.10. The lowest BCUT2D eigenvalue weighted by Crippen LogP contribution is -2.36. The molecule has 1 N–H and O–H groups in total. The SMILES string of the molecule is CCNC(C)(C)c1nc(N(C)C)no1. The molecule has 1 rings (SSSR count). The molecule has 14 heavy (non-hydrogen) atoms. The summed E-state index contributed by atoms with van der Waals surface area (Å²) in [5.41, 5.74) is -0.268. The predicted molar refractivity (Wildman–Crippen MR) is 55.3 cm³/mol. The summed E-state index contributed by atoms with van der Waals surface area (Å²) in [5.74, 6) is 1.22. The van der Waals surface area contributed by atoms with Gasteiger partial charge in [-0.15, -0.1) is 0 Å². The molecule has 0 aromatic carbocycles. The van der Waals surface area contributed by atoms with Crippen LogP contribution in [0.3, 0.4) is 0 Å². The summed E-state index contributed by atoms with van der Waals surface area (Å²) in [5, 5.41) is 7.14. The Kier molecular flexibility index (Phi) is 3.10. The van der Waals surface area contributed by atoms with Gasteiger partial charge in [0.05, 0.1) is 5.54 Å². The molecule has 1 heterocycles. The summed E-state index contributed by atoms with van der Waals surface area (Å²) >= 11 is 0. The van der Waals surface area contributed by atoms with Crippen LogP contribution in [-0.2, 0) is 5.54 Å². The van der Waals surface area contributed by atoms with E-state index in [-0.39, 0.29) is 5.54 Å². The third kappa shape index (κ3) is 2.23. The highest BCUT2D eigenvalue weighted by Gasteiger charge is 2.26.